The van der Waals surface area contributed by atoms with Gasteiger partial charge in [-0.1, -0.05) is 12.1 Å². The number of carbonyl (C=O) groups excluding carboxylic acids is 1. The van der Waals surface area contributed by atoms with Gasteiger partial charge in [-0.05, 0) is 42.5 Å². The van der Waals surface area contributed by atoms with Crippen molar-refractivity contribution in [2.45, 2.75) is 37.9 Å². The van der Waals surface area contributed by atoms with E-state index in [-0.39, 0.29) is 5.91 Å². The number of piperidine rings is 1. The number of hydrogen-bond acceptors (Lipinski definition) is 4. The molecule has 124 valence electrons. The predicted molar refractivity (Wildman–Crippen MR) is 91.0 cm³/mol. The van der Waals surface area contributed by atoms with Gasteiger partial charge in [0.15, 0.2) is 0 Å². The van der Waals surface area contributed by atoms with Crippen LogP contribution in [0.15, 0.2) is 48.9 Å². The second-order valence-electron chi connectivity index (χ2n) is 6.85. The average molecular weight is 322 g/mol. The van der Waals surface area contributed by atoms with Crippen LogP contribution < -0.4 is 5.32 Å². The van der Waals surface area contributed by atoms with E-state index in [1.54, 1.807) is 6.20 Å². The molecule has 1 saturated heterocycles. The van der Waals surface area contributed by atoms with E-state index in [1.807, 2.05) is 36.7 Å². The summed E-state index contributed by atoms with van der Waals surface area (Å²) in [6.07, 6.45) is 8.10. The van der Waals surface area contributed by atoms with Crippen molar-refractivity contribution in [2.24, 2.45) is 5.92 Å². The number of carbonyl (C=O) groups is 1. The summed E-state index contributed by atoms with van der Waals surface area (Å²) in [5.74, 6) is 0.657. The summed E-state index contributed by atoms with van der Waals surface area (Å²) < 4.78 is 0. The molecule has 2 aromatic rings. The van der Waals surface area contributed by atoms with Gasteiger partial charge in [0, 0.05) is 49.5 Å². The zero-order chi connectivity index (χ0) is 16.4. The smallest absolute Gasteiger partial charge is 0.226 e. The molecule has 2 aliphatic rings. The molecule has 3 unspecified atom stereocenters. The molecule has 1 N–H and O–H groups in total. The van der Waals surface area contributed by atoms with Crippen LogP contribution in [-0.4, -0.2) is 39.4 Å². The maximum absolute atomic E-state index is 12.2. The van der Waals surface area contributed by atoms with E-state index >= 15 is 0 Å². The van der Waals surface area contributed by atoms with E-state index in [4.69, 9.17) is 0 Å². The summed E-state index contributed by atoms with van der Waals surface area (Å²) in [6, 6.07) is 10.7. The lowest BCUT2D eigenvalue weighted by Gasteiger charge is -2.31. The van der Waals surface area contributed by atoms with Crippen LogP contribution in [-0.2, 0) is 17.8 Å². The molecule has 4 rings (SSSR count). The molecule has 2 bridgehead atoms. The average Bonchev–Trinajstić information content (AvgIpc) is 3.16. The molecule has 5 nitrogen and oxygen atoms in total. The van der Waals surface area contributed by atoms with Crippen LogP contribution in [0.4, 0.5) is 0 Å². The van der Waals surface area contributed by atoms with Gasteiger partial charge in [0.05, 0.1) is 6.42 Å². The number of amides is 1. The highest BCUT2D eigenvalue weighted by Crippen LogP contribution is 2.38. The van der Waals surface area contributed by atoms with Gasteiger partial charge in [-0.15, -0.1) is 0 Å². The Balaban J connectivity index is 1.29. The summed E-state index contributed by atoms with van der Waals surface area (Å²) in [6.45, 7) is 2.03. The normalized spacial score (nSPS) is 25.8. The number of hydrogen-bond donors (Lipinski definition) is 1. The van der Waals surface area contributed by atoms with Gasteiger partial charge < -0.3 is 5.32 Å². The Morgan fingerprint density at radius 3 is 2.88 bits per heavy atom. The number of fused-ring (bicyclic) bond motifs is 2. The Labute approximate surface area is 142 Å². The molecule has 0 radical (unpaired) electrons. The van der Waals surface area contributed by atoms with Crippen LogP contribution in [0.3, 0.4) is 0 Å². The highest BCUT2D eigenvalue weighted by molar-refractivity contribution is 5.78. The van der Waals surface area contributed by atoms with E-state index in [1.165, 1.54) is 12.0 Å². The Bertz CT molecular complexity index is 691. The highest BCUT2D eigenvalue weighted by atomic mass is 16.1. The molecule has 1 amide bonds. The summed E-state index contributed by atoms with van der Waals surface area (Å²) >= 11 is 0. The predicted octanol–water partition coefficient (Wildman–Crippen LogP) is 1.80. The Morgan fingerprint density at radius 2 is 2.17 bits per heavy atom. The van der Waals surface area contributed by atoms with Crippen molar-refractivity contribution in [3.63, 3.8) is 0 Å². The lowest BCUT2D eigenvalue weighted by Crippen LogP contribution is -2.46. The van der Waals surface area contributed by atoms with Crippen LogP contribution >= 0.6 is 0 Å². The van der Waals surface area contributed by atoms with Crippen molar-refractivity contribution in [1.82, 2.24) is 20.2 Å². The van der Waals surface area contributed by atoms with Crippen LogP contribution in [0.5, 0.6) is 0 Å². The third-order valence-electron chi connectivity index (χ3n) is 5.18. The van der Waals surface area contributed by atoms with Crippen molar-refractivity contribution in [3.05, 3.63) is 60.2 Å². The lowest BCUT2D eigenvalue weighted by atomic mass is 10.0. The molecule has 0 spiro atoms. The SMILES string of the molecule is O=C(Cc1ccccn1)NC1CC2CC1CN2Cc1cccnc1. The minimum atomic E-state index is 0.0880. The largest absolute Gasteiger partial charge is 0.353 e. The van der Waals surface area contributed by atoms with E-state index < -0.39 is 0 Å². The third kappa shape index (κ3) is 3.31. The van der Waals surface area contributed by atoms with Gasteiger partial charge >= 0.3 is 0 Å². The first kappa shape index (κ1) is 15.3. The topological polar surface area (TPSA) is 58.1 Å². The standard InChI is InChI=1S/C19H22N4O/c24-19(9-16-5-1-2-7-21-16)22-18-10-17-8-15(18)13-23(17)12-14-4-3-6-20-11-14/h1-7,11,15,17-18H,8-10,12-13H2,(H,22,24). The van der Waals surface area contributed by atoms with E-state index in [0.29, 0.717) is 24.4 Å². The fourth-order valence-electron chi connectivity index (χ4n) is 4.07. The summed E-state index contributed by atoms with van der Waals surface area (Å²) in [7, 11) is 0. The molecule has 0 aromatic carbocycles. The molecule has 1 saturated carbocycles. The van der Waals surface area contributed by atoms with Gasteiger partial charge in [0.25, 0.3) is 0 Å². The third-order valence-corrected chi connectivity index (χ3v) is 5.18. The first-order chi connectivity index (χ1) is 11.8. The van der Waals surface area contributed by atoms with Gasteiger partial charge in [-0.2, -0.15) is 0 Å². The number of rotatable bonds is 5. The zero-order valence-electron chi connectivity index (χ0n) is 13.6. The Kier molecular flexibility index (Phi) is 4.26. The maximum atomic E-state index is 12.2. The van der Waals surface area contributed by atoms with Crippen molar-refractivity contribution in [2.75, 3.05) is 6.54 Å². The molecule has 2 fully saturated rings. The van der Waals surface area contributed by atoms with Crippen molar-refractivity contribution < 1.29 is 4.79 Å². The highest BCUT2D eigenvalue weighted by Gasteiger charge is 2.44. The van der Waals surface area contributed by atoms with Gasteiger partial charge in [-0.25, -0.2) is 0 Å². The summed E-state index contributed by atoms with van der Waals surface area (Å²) in [5.41, 5.74) is 2.09. The summed E-state index contributed by atoms with van der Waals surface area (Å²) in [4.78, 5) is 23.2. The number of aromatic nitrogens is 2. The van der Waals surface area contributed by atoms with Gasteiger partial charge in [-0.3, -0.25) is 19.7 Å². The first-order valence-electron chi connectivity index (χ1n) is 8.60. The van der Waals surface area contributed by atoms with Gasteiger partial charge in [0.2, 0.25) is 5.91 Å². The first-order valence-corrected chi connectivity index (χ1v) is 8.60. The summed E-state index contributed by atoms with van der Waals surface area (Å²) in [5, 5.41) is 3.23. The minimum Gasteiger partial charge on any atom is -0.353 e. The lowest BCUT2D eigenvalue weighted by molar-refractivity contribution is -0.121. The van der Waals surface area contributed by atoms with Crippen LogP contribution in [0.25, 0.3) is 0 Å². The van der Waals surface area contributed by atoms with Crippen LogP contribution in [0.2, 0.25) is 0 Å². The molecule has 1 aliphatic heterocycles. The minimum absolute atomic E-state index is 0.0880. The number of nitrogens with one attached hydrogen (secondary N) is 1. The molecule has 2 aromatic heterocycles. The van der Waals surface area contributed by atoms with E-state index in [0.717, 1.165) is 25.2 Å². The van der Waals surface area contributed by atoms with Crippen molar-refractivity contribution >= 4 is 5.91 Å². The molecule has 3 atom stereocenters. The molecule has 1 aliphatic carbocycles. The molecule has 3 heterocycles. The molecular formula is C19H22N4O. The fraction of sp³-hybridized carbons (Fsp3) is 0.421. The maximum Gasteiger partial charge on any atom is 0.226 e. The zero-order valence-corrected chi connectivity index (χ0v) is 13.6. The molecular weight excluding hydrogens is 300 g/mol. The van der Waals surface area contributed by atoms with E-state index in [2.05, 4.69) is 26.3 Å². The quantitative estimate of drug-likeness (QED) is 0.912. The second kappa shape index (κ2) is 6.69. The Morgan fingerprint density at radius 1 is 1.21 bits per heavy atom. The fourth-order valence-corrected chi connectivity index (χ4v) is 4.07. The molecule has 24 heavy (non-hydrogen) atoms. The number of nitrogens with zero attached hydrogens (tertiary/aromatic N) is 3. The number of pyridine rings is 2. The van der Waals surface area contributed by atoms with Crippen LogP contribution in [0, 0.1) is 5.92 Å². The van der Waals surface area contributed by atoms with Crippen LogP contribution in [0.1, 0.15) is 24.1 Å². The van der Waals surface area contributed by atoms with Gasteiger partial charge in [0.1, 0.15) is 0 Å². The molecule has 5 heteroatoms. The van der Waals surface area contributed by atoms with E-state index in [9.17, 15) is 4.79 Å². The Hall–Kier alpha value is -2.27. The monoisotopic (exact) mass is 322 g/mol. The second-order valence-corrected chi connectivity index (χ2v) is 6.85. The number of likely N-dealkylation sites (tertiary alicyclic amines) is 1. The van der Waals surface area contributed by atoms with Crippen molar-refractivity contribution in [1.29, 1.82) is 0 Å². The van der Waals surface area contributed by atoms with Crippen molar-refractivity contribution in [3.8, 4) is 0 Å².